The summed E-state index contributed by atoms with van der Waals surface area (Å²) in [6.45, 7) is 2.07. The van der Waals surface area contributed by atoms with Crippen molar-refractivity contribution < 1.29 is 9.47 Å². The summed E-state index contributed by atoms with van der Waals surface area (Å²) in [5.41, 5.74) is 5.17. The van der Waals surface area contributed by atoms with Gasteiger partial charge in [0.15, 0.2) is 6.29 Å². The van der Waals surface area contributed by atoms with Crippen LogP contribution in [0.4, 0.5) is 0 Å². The topological polar surface area (TPSA) is 56.5 Å². The molecule has 0 amide bonds. The summed E-state index contributed by atoms with van der Waals surface area (Å²) in [6.07, 6.45) is 0.426. The van der Waals surface area contributed by atoms with E-state index in [1.54, 1.807) is 14.2 Å². The van der Waals surface area contributed by atoms with Crippen LogP contribution in [0.25, 0.3) is 0 Å². The van der Waals surface area contributed by atoms with Gasteiger partial charge in [0.1, 0.15) is 0 Å². The van der Waals surface area contributed by atoms with Crippen LogP contribution in [-0.4, -0.2) is 26.6 Å². The molecule has 1 atom stereocenters. The largest absolute Gasteiger partial charge is 0.354 e. The van der Waals surface area contributed by atoms with Crippen molar-refractivity contribution in [2.24, 2.45) is 5.84 Å². The summed E-state index contributed by atoms with van der Waals surface area (Å²) >= 11 is 0. The summed E-state index contributed by atoms with van der Waals surface area (Å²) in [4.78, 5) is 0. The van der Waals surface area contributed by atoms with Gasteiger partial charge in [-0.2, -0.15) is 0 Å². The molecule has 0 radical (unpaired) electrons. The van der Waals surface area contributed by atoms with Crippen LogP contribution in [0.2, 0.25) is 0 Å². The lowest BCUT2D eigenvalue weighted by molar-refractivity contribution is -0.122. The van der Waals surface area contributed by atoms with Crippen LogP contribution in [0.1, 0.15) is 11.1 Å². The molecule has 1 rings (SSSR count). The predicted molar refractivity (Wildman–Crippen MR) is 63.8 cm³/mol. The number of hydrazine groups is 1. The normalized spacial score (nSPS) is 13.1. The molecule has 1 aromatic rings. The molecule has 0 saturated heterocycles. The molecule has 0 saturated carbocycles. The fourth-order valence-electron chi connectivity index (χ4n) is 1.75. The molecule has 0 aliphatic carbocycles. The fourth-order valence-corrected chi connectivity index (χ4v) is 1.75. The van der Waals surface area contributed by atoms with E-state index in [1.165, 1.54) is 11.1 Å². The number of ether oxygens (including phenoxy) is 2. The quantitative estimate of drug-likeness (QED) is 0.430. The lowest BCUT2D eigenvalue weighted by atomic mass is 10.0. The van der Waals surface area contributed by atoms with Crippen LogP contribution in [0.5, 0.6) is 0 Å². The van der Waals surface area contributed by atoms with Gasteiger partial charge in [-0.1, -0.05) is 29.8 Å². The third-order valence-electron chi connectivity index (χ3n) is 2.55. The molecule has 0 heterocycles. The first-order valence-corrected chi connectivity index (χ1v) is 5.28. The maximum absolute atomic E-state index is 5.50. The zero-order valence-electron chi connectivity index (χ0n) is 10.1. The molecule has 4 nitrogen and oxygen atoms in total. The second-order valence-corrected chi connectivity index (χ2v) is 3.81. The van der Waals surface area contributed by atoms with Gasteiger partial charge < -0.3 is 9.47 Å². The van der Waals surface area contributed by atoms with Gasteiger partial charge in [-0.3, -0.25) is 11.3 Å². The number of nitrogens with one attached hydrogen (secondary N) is 1. The average molecular weight is 224 g/mol. The highest BCUT2D eigenvalue weighted by Gasteiger charge is 2.19. The van der Waals surface area contributed by atoms with E-state index in [-0.39, 0.29) is 12.3 Å². The number of nitrogens with two attached hydrogens (primary N) is 1. The molecule has 0 aromatic heterocycles. The van der Waals surface area contributed by atoms with Crippen LogP contribution in [0.15, 0.2) is 24.3 Å². The summed E-state index contributed by atoms with van der Waals surface area (Å²) in [6, 6.07) is 8.24. The van der Waals surface area contributed by atoms with Crippen molar-refractivity contribution in [1.29, 1.82) is 0 Å². The number of benzene rings is 1. The van der Waals surface area contributed by atoms with Crippen molar-refractivity contribution in [3.63, 3.8) is 0 Å². The first-order chi connectivity index (χ1) is 7.71. The van der Waals surface area contributed by atoms with E-state index in [4.69, 9.17) is 15.3 Å². The van der Waals surface area contributed by atoms with Crippen molar-refractivity contribution in [2.45, 2.75) is 25.7 Å². The molecule has 1 aromatic carbocycles. The van der Waals surface area contributed by atoms with E-state index >= 15 is 0 Å². The van der Waals surface area contributed by atoms with Crippen molar-refractivity contribution in [2.75, 3.05) is 14.2 Å². The summed E-state index contributed by atoms with van der Waals surface area (Å²) in [5, 5.41) is 0. The summed E-state index contributed by atoms with van der Waals surface area (Å²) in [7, 11) is 3.21. The Labute approximate surface area is 96.7 Å². The molecule has 0 aliphatic rings. The first kappa shape index (κ1) is 13.1. The Kier molecular flexibility index (Phi) is 5.42. The molecular weight excluding hydrogens is 204 g/mol. The zero-order chi connectivity index (χ0) is 12.0. The van der Waals surface area contributed by atoms with Gasteiger partial charge >= 0.3 is 0 Å². The Balaban J connectivity index is 2.69. The van der Waals surface area contributed by atoms with Crippen LogP contribution in [0, 0.1) is 6.92 Å². The monoisotopic (exact) mass is 224 g/mol. The number of methoxy groups -OCH3 is 2. The van der Waals surface area contributed by atoms with E-state index in [9.17, 15) is 0 Å². The van der Waals surface area contributed by atoms with Gasteiger partial charge in [0.2, 0.25) is 0 Å². The van der Waals surface area contributed by atoms with Crippen molar-refractivity contribution >= 4 is 0 Å². The zero-order valence-corrected chi connectivity index (χ0v) is 10.1. The van der Waals surface area contributed by atoms with Gasteiger partial charge in [-0.25, -0.2) is 0 Å². The van der Waals surface area contributed by atoms with Crippen molar-refractivity contribution in [3.8, 4) is 0 Å². The Morgan fingerprint density at radius 3 is 2.50 bits per heavy atom. The Morgan fingerprint density at radius 1 is 1.31 bits per heavy atom. The van der Waals surface area contributed by atoms with Gasteiger partial charge in [-0.05, 0) is 18.9 Å². The SMILES string of the molecule is COC(OC)C(Cc1cccc(C)c1)NN. The number of rotatable bonds is 6. The van der Waals surface area contributed by atoms with Crippen LogP contribution in [-0.2, 0) is 15.9 Å². The van der Waals surface area contributed by atoms with Crippen LogP contribution >= 0.6 is 0 Å². The molecule has 0 fully saturated rings. The predicted octanol–water partition coefficient (Wildman–Crippen LogP) is 0.988. The highest BCUT2D eigenvalue weighted by atomic mass is 16.7. The molecule has 1 unspecified atom stereocenters. The maximum Gasteiger partial charge on any atom is 0.173 e. The highest BCUT2D eigenvalue weighted by Crippen LogP contribution is 2.10. The smallest absolute Gasteiger partial charge is 0.173 e. The fraction of sp³-hybridized carbons (Fsp3) is 0.500. The van der Waals surface area contributed by atoms with Crippen LogP contribution < -0.4 is 11.3 Å². The second-order valence-electron chi connectivity index (χ2n) is 3.81. The van der Waals surface area contributed by atoms with E-state index in [0.717, 1.165) is 6.42 Å². The number of aryl methyl sites for hydroxylation is 1. The van der Waals surface area contributed by atoms with E-state index < -0.39 is 0 Å². The molecule has 0 aliphatic heterocycles. The average Bonchev–Trinajstić information content (AvgIpc) is 2.29. The lowest BCUT2D eigenvalue weighted by Crippen LogP contribution is -2.47. The van der Waals surface area contributed by atoms with Gasteiger partial charge in [0.05, 0.1) is 6.04 Å². The van der Waals surface area contributed by atoms with E-state index in [0.29, 0.717) is 0 Å². The highest BCUT2D eigenvalue weighted by molar-refractivity contribution is 5.23. The minimum Gasteiger partial charge on any atom is -0.354 e. The molecule has 3 N–H and O–H groups in total. The van der Waals surface area contributed by atoms with Crippen molar-refractivity contribution in [1.82, 2.24) is 5.43 Å². The van der Waals surface area contributed by atoms with E-state index in [2.05, 4.69) is 30.5 Å². The maximum atomic E-state index is 5.50. The Hall–Kier alpha value is -0.940. The number of hydrogen-bond donors (Lipinski definition) is 2. The van der Waals surface area contributed by atoms with Crippen LogP contribution in [0.3, 0.4) is 0 Å². The molecule has 0 bridgehead atoms. The Morgan fingerprint density at radius 2 is 2.00 bits per heavy atom. The minimum absolute atomic E-state index is 0.0585. The molecule has 0 spiro atoms. The standard InChI is InChI=1S/C12H20N2O2/c1-9-5-4-6-10(7-9)8-11(14-13)12(15-2)16-3/h4-7,11-12,14H,8,13H2,1-3H3. The van der Waals surface area contributed by atoms with Gasteiger partial charge in [-0.15, -0.1) is 0 Å². The third kappa shape index (κ3) is 3.57. The van der Waals surface area contributed by atoms with Gasteiger partial charge in [0.25, 0.3) is 0 Å². The first-order valence-electron chi connectivity index (χ1n) is 5.28. The molecule has 16 heavy (non-hydrogen) atoms. The van der Waals surface area contributed by atoms with E-state index in [1.807, 2.05) is 6.07 Å². The minimum atomic E-state index is -0.342. The molecule has 4 heteroatoms. The number of hydrogen-bond acceptors (Lipinski definition) is 4. The van der Waals surface area contributed by atoms with Gasteiger partial charge in [0, 0.05) is 14.2 Å². The lowest BCUT2D eigenvalue weighted by Gasteiger charge is -2.24. The molecule has 90 valence electrons. The summed E-state index contributed by atoms with van der Waals surface area (Å²) in [5.74, 6) is 5.50. The Bertz CT molecular complexity index is 314. The third-order valence-corrected chi connectivity index (χ3v) is 2.55. The van der Waals surface area contributed by atoms with Crippen molar-refractivity contribution in [3.05, 3.63) is 35.4 Å². The second kappa shape index (κ2) is 6.60. The summed E-state index contributed by atoms with van der Waals surface area (Å²) < 4.78 is 10.4. The molecular formula is C12H20N2O2.